The number of carbonyl (C=O) groups excluding carboxylic acids is 1. The normalized spacial score (nSPS) is 13.3. The van der Waals surface area contributed by atoms with Crippen LogP contribution in [0.2, 0.25) is 5.02 Å². The number of methoxy groups -OCH3 is 1. The van der Waals surface area contributed by atoms with E-state index in [4.69, 9.17) is 11.6 Å². The molecular weight excluding hydrogens is 334 g/mol. The summed E-state index contributed by atoms with van der Waals surface area (Å²) in [5.41, 5.74) is 1.91. The molecule has 1 aromatic carbocycles. The Morgan fingerprint density at radius 2 is 2.25 bits per heavy atom. The monoisotopic (exact) mass is 347 g/mol. The number of ether oxygens (including phenoxy) is 1. The van der Waals surface area contributed by atoms with Crippen molar-refractivity contribution in [2.75, 3.05) is 18.6 Å². The molecule has 3 rings (SSSR count). The van der Waals surface area contributed by atoms with Crippen LogP contribution in [0.4, 0.5) is 11.5 Å². The first kappa shape index (κ1) is 16.2. The number of hydrogen-bond acceptors (Lipinski definition) is 6. The molecule has 0 radical (unpaired) electrons. The molecule has 0 N–H and O–H groups in total. The summed E-state index contributed by atoms with van der Waals surface area (Å²) >= 11 is 6.20. The van der Waals surface area contributed by atoms with Crippen LogP contribution in [0.25, 0.3) is 0 Å². The lowest BCUT2D eigenvalue weighted by atomic mass is 9.99. The molecule has 0 aliphatic carbocycles. The van der Waals surface area contributed by atoms with Crippen LogP contribution in [0.15, 0.2) is 30.5 Å². The predicted octanol–water partition coefficient (Wildman–Crippen LogP) is 2.99. The topological polar surface area (TPSA) is 85.6 Å². The van der Waals surface area contributed by atoms with Crippen molar-refractivity contribution in [1.29, 1.82) is 0 Å². The number of nitrogens with zero attached hydrogens (tertiary/aromatic N) is 3. The number of halogens is 1. The number of benzene rings is 1. The van der Waals surface area contributed by atoms with Crippen molar-refractivity contribution in [3.63, 3.8) is 0 Å². The molecule has 0 saturated heterocycles. The highest BCUT2D eigenvalue weighted by atomic mass is 35.5. The van der Waals surface area contributed by atoms with E-state index < -0.39 is 10.9 Å². The lowest BCUT2D eigenvalue weighted by Crippen LogP contribution is -2.31. The molecule has 1 aliphatic heterocycles. The average molecular weight is 348 g/mol. The predicted molar refractivity (Wildman–Crippen MR) is 88.4 cm³/mol. The Labute approximate surface area is 143 Å². The molecule has 1 aromatic heterocycles. The summed E-state index contributed by atoms with van der Waals surface area (Å²) < 4.78 is 4.59. The van der Waals surface area contributed by atoms with Crippen molar-refractivity contribution in [3.05, 3.63) is 62.3 Å². The van der Waals surface area contributed by atoms with E-state index >= 15 is 0 Å². The minimum Gasteiger partial charge on any atom is -0.465 e. The largest absolute Gasteiger partial charge is 0.465 e. The SMILES string of the molecule is COC(=O)c1cnc(N2CCc3c(Cl)cccc3C2)c([N+](=O)[O-])c1. The molecule has 0 atom stereocenters. The van der Waals surface area contributed by atoms with Gasteiger partial charge in [-0.1, -0.05) is 23.7 Å². The van der Waals surface area contributed by atoms with Gasteiger partial charge in [0.1, 0.15) is 0 Å². The number of hydrogen-bond donors (Lipinski definition) is 0. The molecule has 0 saturated carbocycles. The van der Waals surface area contributed by atoms with Gasteiger partial charge < -0.3 is 9.64 Å². The third kappa shape index (κ3) is 2.90. The number of rotatable bonds is 3. The number of aromatic nitrogens is 1. The summed E-state index contributed by atoms with van der Waals surface area (Å²) in [6, 6.07) is 6.83. The van der Waals surface area contributed by atoms with Gasteiger partial charge in [0.25, 0.3) is 0 Å². The summed E-state index contributed by atoms with van der Waals surface area (Å²) in [6.07, 6.45) is 1.97. The van der Waals surface area contributed by atoms with Gasteiger partial charge in [0.05, 0.1) is 17.6 Å². The first-order chi connectivity index (χ1) is 11.5. The second kappa shape index (κ2) is 6.45. The molecule has 0 amide bonds. The van der Waals surface area contributed by atoms with E-state index in [9.17, 15) is 14.9 Å². The maximum atomic E-state index is 11.6. The number of pyridine rings is 1. The van der Waals surface area contributed by atoms with E-state index in [0.29, 0.717) is 24.5 Å². The molecule has 1 aliphatic rings. The molecule has 8 heteroatoms. The number of carbonyl (C=O) groups is 1. The summed E-state index contributed by atoms with van der Waals surface area (Å²) in [5.74, 6) is -0.425. The number of esters is 1. The maximum Gasteiger partial charge on any atom is 0.339 e. The summed E-state index contributed by atoms with van der Waals surface area (Å²) in [4.78, 5) is 28.4. The van der Waals surface area contributed by atoms with Crippen LogP contribution in [0.5, 0.6) is 0 Å². The lowest BCUT2D eigenvalue weighted by Gasteiger charge is -2.29. The van der Waals surface area contributed by atoms with Crippen molar-refractivity contribution >= 4 is 29.1 Å². The molecule has 0 fully saturated rings. The van der Waals surface area contributed by atoms with Crippen molar-refractivity contribution < 1.29 is 14.5 Å². The zero-order valence-corrected chi connectivity index (χ0v) is 13.6. The van der Waals surface area contributed by atoms with Crippen molar-refractivity contribution in [2.24, 2.45) is 0 Å². The summed E-state index contributed by atoms with van der Waals surface area (Å²) in [5, 5.41) is 12.1. The van der Waals surface area contributed by atoms with Crippen LogP contribution < -0.4 is 4.90 Å². The minimum atomic E-state index is -0.659. The zero-order valence-electron chi connectivity index (χ0n) is 12.9. The number of nitro groups is 1. The highest BCUT2D eigenvalue weighted by molar-refractivity contribution is 6.31. The molecule has 124 valence electrons. The molecule has 24 heavy (non-hydrogen) atoms. The smallest absolute Gasteiger partial charge is 0.339 e. The van der Waals surface area contributed by atoms with Crippen LogP contribution in [-0.2, 0) is 17.7 Å². The standard InChI is InChI=1S/C16H14ClN3O4/c1-24-16(21)11-7-14(20(22)23)15(18-8-11)19-6-5-12-10(9-19)3-2-4-13(12)17/h2-4,7-8H,5-6,9H2,1H3. The third-order valence-corrected chi connectivity index (χ3v) is 4.33. The fourth-order valence-corrected chi connectivity index (χ4v) is 3.09. The van der Waals surface area contributed by atoms with Gasteiger partial charge in [-0.2, -0.15) is 0 Å². The second-order valence-corrected chi connectivity index (χ2v) is 5.77. The Kier molecular flexibility index (Phi) is 4.35. The molecule has 2 aromatic rings. The van der Waals surface area contributed by atoms with Gasteiger partial charge in [-0.25, -0.2) is 9.78 Å². The van der Waals surface area contributed by atoms with Crippen LogP contribution in [0.1, 0.15) is 21.5 Å². The van der Waals surface area contributed by atoms with Crippen LogP contribution >= 0.6 is 11.6 Å². The third-order valence-electron chi connectivity index (χ3n) is 3.97. The molecule has 0 spiro atoms. The van der Waals surface area contributed by atoms with Crippen LogP contribution in [-0.4, -0.2) is 29.5 Å². The van der Waals surface area contributed by atoms with E-state index in [1.807, 2.05) is 23.1 Å². The van der Waals surface area contributed by atoms with Gasteiger partial charge in [0, 0.05) is 30.4 Å². The van der Waals surface area contributed by atoms with E-state index in [2.05, 4.69) is 9.72 Å². The lowest BCUT2D eigenvalue weighted by molar-refractivity contribution is -0.384. The quantitative estimate of drug-likeness (QED) is 0.482. The molecule has 0 bridgehead atoms. The van der Waals surface area contributed by atoms with Crippen molar-refractivity contribution in [2.45, 2.75) is 13.0 Å². The van der Waals surface area contributed by atoms with Gasteiger partial charge >= 0.3 is 11.7 Å². The number of fused-ring (bicyclic) bond motifs is 1. The van der Waals surface area contributed by atoms with Gasteiger partial charge in [-0.3, -0.25) is 10.1 Å². The van der Waals surface area contributed by atoms with Crippen LogP contribution in [0, 0.1) is 10.1 Å². The zero-order chi connectivity index (χ0) is 17.3. The van der Waals surface area contributed by atoms with E-state index in [1.165, 1.54) is 19.4 Å². The van der Waals surface area contributed by atoms with Gasteiger partial charge in [-0.15, -0.1) is 0 Å². The molecule has 0 unspecified atom stereocenters. The highest BCUT2D eigenvalue weighted by Crippen LogP contribution is 2.32. The number of anilines is 1. The first-order valence-electron chi connectivity index (χ1n) is 7.25. The van der Waals surface area contributed by atoms with E-state index in [1.54, 1.807) is 0 Å². The Balaban J connectivity index is 1.98. The Morgan fingerprint density at radius 1 is 1.46 bits per heavy atom. The maximum absolute atomic E-state index is 11.6. The van der Waals surface area contributed by atoms with E-state index in [-0.39, 0.29) is 17.1 Å². The van der Waals surface area contributed by atoms with Crippen molar-refractivity contribution in [1.82, 2.24) is 4.98 Å². The van der Waals surface area contributed by atoms with Gasteiger partial charge in [-0.05, 0) is 23.6 Å². The van der Waals surface area contributed by atoms with Gasteiger partial charge in [0.15, 0.2) is 0 Å². The van der Waals surface area contributed by atoms with Crippen molar-refractivity contribution in [3.8, 4) is 0 Å². The molecular formula is C16H14ClN3O4. The van der Waals surface area contributed by atoms with Crippen LogP contribution in [0.3, 0.4) is 0 Å². The van der Waals surface area contributed by atoms with Gasteiger partial charge in [0.2, 0.25) is 5.82 Å². The molecule has 2 heterocycles. The fraction of sp³-hybridized carbons (Fsp3) is 0.250. The second-order valence-electron chi connectivity index (χ2n) is 5.36. The minimum absolute atomic E-state index is 0.0494. The Morgan fingerprint density at radius 3 is 2.96 bits per heavy atom. The average Bonchev–Trinajstić information content (AvgIpc) is 2.60. The first-order valence-corrected chi connectivity index (χ1v) is 7.63. The van der Waals surface area contributed by atoms with E-state index in [0.717, 1.165) is 11.1 Å². The summed E-state index contributed by atoms with van der Waals surface area (Å²) in [6.45, 7) is 1.03. The highest BCUT2D eigenvalue weighted by Gasteiger charge is 2.27. The Hall–Kier alpha value is -2.67. The summed E-state index contributed by atoms with van der Waals surface area (Å²) in [7, 11) is 1.22. The fourth-order valence-electron chi connectivity index (χ4n) is 2.80. The Bertz CT molecular complexity index is 825. The molecule has 7 nitrogen and oxygen atoms in total.